The molecule has 0 saturated heterocycles. The van der Waals surface area contributed by atoms with Crippen LogP contribution in [0.25, 0.3) is 0 Å². The Morgan fingerprint density at radius 1 is 1.37 bits per heavy atom. The summed E-state index contributed by atoms with van der Waals surface area (Å²) in [5, 5.41) is 0. The van der Waals surface area contributed by atoms with E-state index in [1.807, 2.05) is 18.9 Å². The number of halogens is 1. The first kappa shape index (κ1) is 13.8. The molecule has 0 amide bonds. The highest BCUT2D eigenvalue weighted by Crippen LogP contribution is 2.14. The van der Waals surface area contributed by atoms with Crippen LogP contribution in [-0.4, -0.2) is 29.3 Å². The number of hydrogen-bond donors (Lipinski definition) is 0. The zero-order chi connectivity index (χ0) is 13.8. The molecule has 0 aliphatic rings. The van der Waals surface area contributed by atoms with E-state index in [2.05, 4.69) is 4.98 Å². The molecule has 1 aromatic heterocycles. The molecule has 0 aliphatic heterocycles. The number of benzene rings is 1. The molecule has 0 spiro atoms. The zero-order valence-electron chi connectivity index (χ0n) is 10.9. The number of aryl methyl sites for hydroxylation is 1. The second-order valence-electron chi connectivity index (χ2n) is 4.46. The lowest BCUT2D eigenvalue weighted by Crippen LogP contribution is -2.25. The van der Waals surface area contributed by atoms with Crippen molar-refractivity contribution in [3.05, 3.63) is 51.7 Å². The lowest BCUT2D eigenvalue weighted by Gasteiger charge is -2.15. The Hall–Kier alpha value is -1.59. The van der Waals surface area contributed by atoms with Crippen molar-refractivity contribution in [1.82, 2.24) is 9.88 Å². The van der Waals surface area contributed by atoms with E-state index >= 15 is 0 Å². The van der Waals surface area contributed by atoms with Crippen molar-refractivity contribution < 1.29 is 9.18 Å². The lowest BCUT2D eigenvalue weighted by atomic mass is 10.1. The number of hydrogen-bond acceptors (Lipinski definition) is 4. The SMILES string of the molecule is Cc1ncsc1CN(C)CC(=O)c1ccc(F)cc1. The molecule has 0 bridgehead atoms. The van der Waals surface area contributed by atoms with Crippen molar-refractivity contribution in [2.45, 2.75) is 13.5 Å². The average molecular weight is 278 g/mol. The molecule has 0 radical (unpaired) electrons. The van der Waals surface area contributed by atoms with Gasteiger partial charge in [0.05, 0.1) is 17.7 Å². The molecular weight excluding hydrogens is 263 g/mol. The van der Waals surface area contributed by atoms with Gasteiger partial charge in [-0.3, -0.25) is 9.69 Å². The normalized spacial score (nSPS) is 10.9. The summed E-state index contributed by atoms with van der Waals surface area (Å²) in [6.45, 7) is 2.97. The Morgan fingerprint density at radius 2 is 2.05 bits per heavy atom. The van der Waals surface area contributed by atoms with Crippen molar-refractivity contribution in [3.8, 4) is 0 Å². The van der Waals surface area contributed by atoms with Gasteiger partial charge >= 0.3 is 0 Å². The van der Waals surface area contributed by atoms with E-state index in [0.717, 1.165) is 10.6 Å². The van der Waals surface area contributed by atoms with Crippen LogP contribution in [0.1, 0.15) is 20.9 Å². The molecule has 1 aromatic carbocycles. The number of carbonyl (C=O) groups excluding carboxylic acids is 1. The largest absolute Gasteiger partial charge is 0.294 e. The minimum Gasteiger partial charge on any atom is -0.294 e. The molecule has 0 N–H and O–H groups in total. The van der Waals surface area contributed by atoms with Crippen molar-refractivity contribution in [2.75, 3.05) is 13.6 Å². The Bertz CT molecular complexity index is 565. The Morgan fingerprint density at radius 3 is 2.63 bits per heavy atom. The van der Waals surface area contributed by atoms with Crippen LogP contribution in [0.15, 0.2) is 29.8 Å². The van der Waals surface area contributed by atoms with Gasteiger partial charge in [0.15, 0.2) is 5.78 Å². The second-order valence-corrected chi connectivity index (χ2v) is 5.40. The van der Waals surface area contributed by atoms with Gasteiger partial charge < -0.3 is 0 Å². The highest BCUT2D eigenvalue weighted by molar-refractivity contribution is 7.09. The van der Waals surface area contributed by atoms with Crippen LogP contribution in [0.5, 0.6) is 0 Å². The molecule has 2 rings (SSSR count). The number of Topliss-reactive ketones (excluding diaryl/α,β-unsaturated/α-hetero) is 1. The number of ketones is 1. The predicted octanol–water partition coefficient (Wildman–Crippen LogP) is 2.91. The number of nitrogens with zero attached hydrogens (tertiary/aromatic N) is 2. The van der Waals surface area contributed by atoms with E-state index in [0.29, 0.717) is 18.7 Å². The third-order valence-corrected chi connectivity index (χ3v) is 3.76. The maximum atomic E-state index is 12.8. The van der Waals surface area contributed by atoms with Gasteiger partial charge in [0, 0.05) is 17.0 Å². The number of aromatic nitrogens is 1. The Balaban J connectivity index is 1.95. The molecular formula is C14H15FN2OS. The molecule has 1 heterocycles. The van der Waals surface area contributed by atoms with Crippen molar-refractivity contribution >= 4 is 17.1 Å². The summed E-state index contributed by atoms with van der Waals surface area (Å²) in [4.78, 5) is 19.3. The molecule has 0 atom stereocenters. The van der Waals surface area contributed by atoms with Crippen LogP contribution in [0.4, 0.5) is 4.39 Å². The Labute approximate surface area is 115 Å². The summed E-state index contributed by atoms with van der Waals surface area (Å²) in [7, 11) is 1.89. The fourth-order valence-corrected chi connectivity index (χ4v) is 2.61. The highest BCUT2D eigenvalue weighted by Gasteiger charge is 2.11. The summed E-state index contributed by atoms with van der Waals surface area (Å²) >= 11 is 1.59. The third-order valence-electron chi connectivity index (χ3n) is 2.84. The van der Waals surface area contributed by atoms with Gasteiger partial charge in [0.1, 0.15) is 5.82 Å². The quantitative estimate of drug-likeness (QED) is 0.788. The summed E-state index contributed by atoms with van der Waals surface area (Å²) in [5.74, 6) is -0.338. The lowest BCUT2D eigenvalue weighted by molar-refractivity contribution is 0.0943. The van der Waals surface area contributed by atoms with Crippen molar-refractivity contribution in [1.29, 1.82) is 0 Å². The summed E-state index contributed by atoms with van der Waals surface area (Å²) in [6, 6.07) is 5.65. The van der Waals surface area contributed by atoms with E-state index < -0.39 is 0 Å². The standard InChI is InChI=1S/C14H15FN2OS/c1-10-14(19-9-16-10)8-17(2)7-13(18)11-3-5-12(15)6-4-11/h3-6,9H,7-8H2,1-2H3. The van der Waals surface area contributed by atoms with Crippen LogP contribution in [0, 0.1) is 12.7 Å². The molecule has 100 valence electrons. The van der Waals surface area contributed by atoms with Gasteiger partial charge in [0.2, 0.25) is 0 Å². The van der Waals surface area contributed by atoms with Gasteiger partial charge in [-0.05, 0) is 38.2 Å². The van der Waals surface area contributed by atoms with E-state index in [4.69, 9.17) is 0 Å². The third kappa shape index (κ3) is 3.68. The zero-order valence-corrected chi connectivity index (χ0v) is 11.7. The minimum atomic E-state index is -0.329. The van der Waals surface area contributed by atoms with Crippen LogP contribution in [-0.2, 0) is 6.54 Å². The van der Waals surface area contributed by atoms with Gasteiger partial charge in [0.25, 0.3) is 0 Å². The molecule has 0 saturated carbocycles. The maximum Gasteiger partial charge on any atom is 0.176 e. The first-order valence-electron chi connectivity index (χ1n) is 5.92. The maximum absolute atomic E-state index is 12.8. The molecule has 5 heteroatoms. The van der Waals surface area contributed by atoms with Gasteiger partial charge in [-0.2, -0.15) is 0 Å². The number of carbonyl (C=O) groups is 1. The Kier molecular flexibility index (Phi) is 4.39. The fraction of sp³-hybridized carbons (Fsp3) is 0.286. The van der Waals surface area contributed by atoms with E-state index in [1.54, 1.807) is 16.8 Å². The summed E-state index contributed by atoms with van der Waals surface area (Å²) in [6.07, 6.45) is 0. The highest BCUT2D eigenvalue weighted by atomic mass is 32.1. The first-order valence-corrected chi connectivity index (χ1v) is 6.80. The predicted molar refractivity (Wildman–Crippen MR) is 73.9 cm³/mol. The van der Waals surface area contributed by atoms with Crippen molar-refractivity contribution in [3.63, 3.8) is 0 Å². The molecule has 3 nitrogen and oxygen atoms in total. The topological polar surface area (TPSA) is 33.2 Å². The number of rotatable bonds is 5. The number of thiazole rings is 1. The van der Waals surface area contributed by atoms with Crippen LogP contribution < -0.4 is 0 Å². The average Bonchev–Trinajstić information content (AvgIpc) is 2.75. The summed E-state index contributed by atoms with van der Waals surface area (Å²) in [5.41, 5.74) is 3.35. The minimum absolute atomic E-state index is 0.00957. The van der Waals surface area contributed by atoms with Gasteiger partial charge in [-0.25, -0.2) is 9.37 Å². The fourth-order valence-electron chi connectivity index (χ4n) is 1.75. The monoisotopic (exact) mass is 278 g/mol. The molecule has 2 aromatic rings. The first-order chi connectivity index (χ1) is 9.06. The second kappa shape index (κ2) is 6.04. The van der Waals surface area contributed by atoms with E-state index in [9.17, 15) is 9.18 Å². The van der Waals surface area contributed by atoms with E-state index in [1.165, 1.54) is 24.3 Å². The van der Waals surface area contributed by atoms with Crippen molar-refractivity contribution in [2.24, 2.45) is 0 Å². The van der Waals surface area contributed by atoms with Crippen LogP contribution in [0.3, 0.4) is 0 Å². The number of likely N-dealkylation sites (N-methyl/N-ethyl adjacent to an activating group) is 1. The van der Waals surface area contributed by atoms with E-state index in [-0.39, 0.29) is 11.6 Å². The van der Waals surface area contributed by atoms with Gasteiger partial charge in [-0.1, -0.05) is 0 Å². The molecule has 19 heavy (non-hydrogen) atoms. The van der Waals surface area contributed by atoms with Crippen LogP contribution in [0.2, 0.25) is 0 Å². The smallest absolute Gasteiger partial charge is 0.176 e. The molecule has 0 unspecified atom stereocenters. The molecule has 0 aliphatic carbocycles. The summed E-state index contributed by atoms with van der Waals surface area (Å²) < 4.78 is 12.8. The molecule has 0 fully saturated rings. The van der Waals surface area contributed by atoms with Crippen LogP contribution >= 0.6 is 11.3 Å². The van der Waals surface area contributed by atoms with Gasteiger partial charge in [-0.15, -0.1) is 11.3 Å².